The third-order valence-corrected chi connectivity index (χ3v) is 2.96. The van der Waals surface area contributed by atoms with Crippen LogP contribution in [0.1, 0.15) is 16.1 Å². The fourth-order valence-corrected chi connectivity index (χ4v) is 2.02. The summed E-state index contributed by atoms with van der Waals surface area (Å²) in [7, 11) is 0. The van der Waals surface area contributed by atoms with Crippen molar-refractivity contribution in [3.05, 3.63) is 47.9 Å². The van der Waals surface area contributed by atoms with E-state index in [0.29, 0.717) is 5.82 Å². The van der Waals surface area contributed by atoms with Gasteiger partial charge in [-0.15, -0.1) is 0 Å². The second-order valence-electron chi connectivity index (χ2n) is 4.29. The highest BCUT2D eigenvalue weighted by Gasteiger charge is 2.11. The molecule has 0 aliphatic rings. The van der Waals surface area contributed by atoms with E-state index in [1.54, 1.807) is 30.6 Å². The SMILES string of the molecule is Cc1ccnc(-c2c[nH]c3cc(C(=O)O)ccc23)n1. The van der Waals surface area contributed by atoms with Crippen LogP contribution in [-0.4, -0.2) is 26.0 Å². The van der Waals surface area contributed by atoms with Crippen LogP contribution in [0.2, 0.25) is 0 Å². The van der Waals surface area contributed by atoms with Crippen LogP contribution in [0.3, 0.4) is 0 Å². The van der Waals surface area contributed by atoms with Crippen LogP contribution in [0.5, 0.6) is 0 Å². The minimum absolute atomic E-state index is 0.256. The molecule has 0 aliphatic carbocycles. The van der Waals surface area contributed by atoms with Gasteiger partial charge in [0.2, 0.25) is 0 Å². The number of aromatic carboxylic acids is 1. The van der Waals surface area contributed by atoms with E-state index in [0.717, 1.165) is 22.2 Å². The maximum Gasteiger partial charge on any atom is 0.335 e. The molecule has 2 aromatic heterocycles. The van der Waals surface area contributed by atoms with E-state index >= 15 is 0 Å². The summed E-state index contributed by atoms with van der Waals surface area (Å²) >= 11 is 0. The third-order valence-electron chi connectivity index (χ3n) is 2.96. The molecule has 0 saturated carbocycles. The zero-order valence-electron chi connectivity index (χ0n) is 10.2. The molecule has 0 radical (unpaired) electrons. The Morgan fingerprint density at radius 3 is 2.89 bits per heavy atom. The van der Waals surface area contributed by atoms with E-state index in [1.807, 2.05) is 13.0 Å². The number of hydrogen-bond acceptors (Lipinski definition) is 3. The van der Waals surface area contributed by atoms with Crippen molar-refractivity contribution < 1.29 is 9.90 Å². The summed E-state index contributed by atoms with van der Waals surface area (Å²) in [5, 5.41) is 9.88. The van der Waals surface area contributed by atoms with Gasteiger partial charge in [0.1, 0.15) is 0 Å². The van der Waals surface area contributed by atoms with Gasteiger partial charge in [-0.3, -0.25) is 0 Å². The minimum Gasteiger partial charge on any atom is -0.478 e. The number of rotatable bonds is 2. The zero-order chi connectivity index (χ0) is 13.4. The van der Waals surface area contributed by atoms with E-state index in [1.165, 1.54) is 0 Å². The van der Waals surface area contributed by atoms with Gasteiger partial charge in [0.15, 0.2) is 5.82 Å². The number of carboxylic acid groups (broad SMARTS) is 1. The molecule has 2 N–H and O–H groups in total. The van der Waals surface area contributed by atoms with Crippen molar-refractivity contribution in [3.63, 3.8) is 0 Å². The van der Waals surface area contributed by atoms with Crippen LogP contribution in [0.25, 0.3) is 22.3 Å². The van der Waals surface area contributed by atoms with Crippen molar-refractivity contribution in [1.82, 2.24) is 15.0 Å². The van der Waals surface area contributed by atoms with Crippen LogP contribution < -0.4 is 0 Å². The number of aromatic nitrogens is 3. The highest BCUT2D eigenvalue weighted by molar-refractivity contribution is 5.98. The number of carbonyl (C=O) groups is 1. The average molecular weight is 253 g/mol. The molecule has 0 amide bonds. The van der Waals surface area contributed by atoms with E-state index < -0.39 is 5.97 Å². The average Bonchev–Trinajstić information content (AvgIpc) is 2.81. The van der Waals surface area contributed by atoms with E-state index in [2.05, 4.69) is 15.0 Å². The monoisotopic (exact) mass is 253 g/mol. The third kappa shape index (κ3) is 1.95. The molecule has 2 heterocycles. The minimum atomic E-state index is -0.940. The molecule has 5 nitrogen and oxygen atoms in total. The Morgan fingerprint density at radius 1 is 1.32 bits per heavy atom. The summed E-state index contributed by atoms with van der Waals surface area (Å²) in [6.45, 7) is 1.91. The lowest BCUT2D eigenvalue weighted by molar-refractivity contribution is 0.0697. The Hall–Kier alpha value is -2.69. The van der Waals surface area contributed by atoms with Crippen molar-refractivity contribution >= 4 is 16.9 Å². The molecule has 0 atom stereocenters. The molecule has 0 saturated heterocycles. The number of nitrogens with zero attached hydrogens (tertiary/aromatic N) is 2. The van der Waals surface area contributed by atoms with Gasteiger partial charge >= 0.3 is 5.97 Å². The molecule has 0 spiro atoms. The Morgan fingerprint density at radius 2 is 2.16 bits per heavy atom. The molecule has 0 bridgehead atoms. The van der Waals surface area contributed by atoms with Crippen molar-refractivity contribution in [2.45, 2.75) is 6.92 Å². The summed E-state index contributed by atoms with van der Waals surface area (Å²) in [5.41, 5.74) is 2.78. The molecular weight excluding hydrogens is 242 g/mol. The summed E-state index contributed by atoms with van der Waals surface area (Å²) < 4.78 is 0. The van der Waals surface area contributed by atoms with E-state index in [-0.39, 0.29) is 5.56 Å². The van der Waals surface area contributed by atoms with Crippen LogP contribution in [0, 0.1) is 6.92 Å². The van der Waals surface area contributed by atoms with Crippen molar-refractivity contribution in [2.75, 3.05) is 0 Å². The standard InChI is InChI=1S/C14H11N3O2/c1-8-4-5-15-13(17-8)11-7-16-12-6-9(14(18)19)2-3-10(11)12/h2-7,16H,1H3,(H,18,19). The lowest BCUT2D eigenvalue weighted by atomic mass is 10.1. The molecule has 0 aliphatic heterocycles. The highest BCUT2D eigenvalue weighted by Crippen LogP contribution is 2.26. The second-order valence-corrected chi connectivity index (χ2v) is 4.29. The lowest BCUT2D eigenvalue weighted by Crippen LogP contribution is -1.95. The second kappa shape index (κ2) is 4.20. The van der Waals surface area contributed by atoms with Gasteiger partial charge in [0.05, 0.1) is 5.56 Å². The highest BCUT2D eigenvalue weighted by atomic mass is 16.4. The molecule has 19 heavy (non-hydrogen) atoms. The van der Waals surface area contributed by atoms with Gasteiger partial charge in [-0.25, -0.2) is 14.8 Å². The first-order valence-corrected chi connectivity index (χ1v) is 5.79. The Kier molecular flexibility index (Phi) is 2.52. The van der Waals surface area contributed by atoms with E-state index in [4.69, 9.17) is 5.11 Å². The maximum absolute atomic E-state index is 10.9. The van der Waals surface area contributed by atoms with Crippen molar-refractivity contribution in [2.24, 2.45) is 0 Å². The summed E-state index contributed by atoms with van der Waals surface area (Å²) in [6.07, 6.45) is 3.51. The number of aryl methyl sites for hydroxylation is 1. The van der Waals surface area contributed by atoms with Gasteiger partial charge in [0, 0.05) is 34.6 Å². The number of H-pyrrole nitrogens is 1. The Bertz CT molecular complexity index is 777. The van der Waals surface area contributed by atoms with Gasteiger partial charge in [0.25, 0.3) is 0 Å². The maximum atomic E-state index is 10.9. The predicted molar refractivity (Wildman–Crippen MR) is 71.0 cm³/mol. The van der Waals surface area contributed by atoms with Crippen LogP contribution in [0.4, 0.5) is 0 Å². The molecule has 3 rings (SSSR count). The van der Waals surface area contributed by atoms with Gasteiger partial charge in [-0.1, -0.05) is 6.07 Å². The first-order valence-electron chi connectivity index (χ1n) is 5.79. The van der Waals surface area contributed by atoms with Crippen LogP contribution in [-0.2, 0) is 0 Å². The van der Waals surface area contributed by atoms with E-state index in [9.17, 15) is 4.79 Å². The first-order chi connectivity index (χ1) is 9.15. The smallest absolute Gasteiger partial charge is 0.335 e. The summed E-state index contributed by atoms with van der Waals surface area (Å²) in [6, 6.07) is 6.80. The molecule has 3 aromatic rings. The molecule has 94 valence electrons. The number of aromatic amines is 1. The predicted octanol–water partition coefficient (Wildman–Crippen LogP) is 2.63. The number of fused-ring (bicyclic) bond motifs is 1. The fourth-order valence-electron chi connectivity index (χ4n) is 2.02. The normalized spacial score (nSPS) is 10.8. The number of nitrogens with one attached hydrogen (secondary N) is 1. The first kappa shape index (κ1) is 11.4. The topological polar surface area (TPSA) is 78.9 Å². The number of carboxylic acids is 1. The van der Waals surface area contributed by atoms with Gasteiger partial charge < -0.3 is 10.1 Å². The number of benzene rings is 1. The van der Waals surface area contributed by atoms with Crippen molar-refractivity contribution in [1.29, 1.82) is 0 Å². The Labute approximate surface area is 109 Å². The molecule has 1 aromatic carbocycles. The number of hydrogen-bond donors (Lipinski definition) is 2. The molecule has 5 heteroatoms. The zero-order valence-corrected chi connectivity index (χ0v) is 10.2. The molecule has 0 unspecified atom stereocenters. The van der Waals surface area contributed by atoms with Gasteiger partial charge in [-0.05, 0) is 25.1 Å². The summed E-state index contributed by atoms with van der Waals surface area (Å²) in [4.78, 5) is 22.6. The molecule has 0 fully saturated rings. The quantitative estimate of drug-likeness (QED) is 0.735. The Balaban J connectivity index is 2.18. The van der Waals surface area contributed by atoms with Crippen LogP contribution in [0.15, 0.2) is 36.7 Å². The van der Waals surface area contributed by atoms with Gasteiger partial charge in [-0.2, -0.15) is 0 Å². The lowest BCUT2D eigenvalue weighted by Gasteiger charge is -2.00. The van der Waals surface area contributed by atoms with Crippen molar-refractivity contribution in [3.8, 4) is 11.4 Å². The molecular formula is C14H11N3O2. The van der Waals surface area contributed by atoms with Crippen LogP contribution >= 0.6 is 0 Å². The fraction of sp³-hybridized carbons (Fsp3) is 0.0714. The largest absolute Gasteiger partial charge is 0.478 e. The summed E-state index contributed by atoms with van der Waals surface area (Å²) in [5.74, 6) is -0.306.